The van der Waals surface area contributed by atoms with Crippen LogP contribution < -0.4 is 5.73 Å². The molecule has 2 heterocycles. The fraction of sp³-hybridized carbons (Fsp3) is 0.545. The summed E-state index contributed by atoms with van der Waals surface area (Å²) in [5.74, 6) is 0.0646. The number of pyridine rings is 1. The third-order valence-electron chi connectivity index (χ3n) is 3.05. The largest absolute Gasteiger partial charge is 0.433 e. The molecule has 1 aliphatic rings. The van der Waals surface area contributed by atoms with Crippen molar-refractivity contribution in [2.24, 2.45) is 5.73 Å². The first kappa shape index (κ1) is 12.3. The molecular weight excluding hydrogens is 231 g/mol. The minimum Gasteiger partial charge on any atom is -0.326 e. The predicted molar refractivity (Wildman–Crippen MR) is 57.5 cm³/mol. The summed E-state index contributed by atoms with van der Waals surface area (Å²) < 4.78 is 37.0. The number of likely N-dealkylation sites (tertiary alicyclic amines) is 1. The molecule has 1 saturated heterocycles. The fourth-order valence-electron chi connectivity index (χ4n) is 2.18. The Morgan fingerprint density at radius 3 is 2.47 bits per heavy atom. The van der Waals surface area contributed by atoms with Crippen molar-refractivity contribution in [3.05, 3.63) is 29.6 Å². The van der Waals surface area contributed by atoms with E-state index in [1.54, 1.807) is 0 Å². The van der Waals surface area contributed by atoms with E-state index in [0.717, 1.165) is 24.7 Å². The van der Waals surface area contributed by atoms with Crippen molar-refractivity contribution in [2.45, 2.75) is 18.1 Å². The summed E-state index contributed by atoms with van der Waals surface area (Å²) in [6.07, 6.45) is -3.10. The molecule has 1 fully saturated rings. The summed E-state index contributed by atoms with van der Waals surface area (Å²) in [7, 11) is 1.94. The first-order chi connectivity index (χ1) is 7.88. The maximum atomic E-state index is 12.3. The van der Waals surface area contributed by atoms with E-state index in [-0.39, 0.29) is 12.0 Å². The molecule has 1 aromatic rings. The van der Waals surface area contributed by atoms with Gasteiger partial charge in [0.2, 0.25) is 0 Å². The van der Waals surface area contributed by atoms with Crippen molar-refractivity contribution in [1.29, 1.82) is 0 Å². The number of likely N-dealkylation sites (N-methyl/N-ethyl adjacent to an activating group) is 1. The van der Waals surface area contributed by atoms with Gasteiger partial charge in [-0.1, -0.05) is 6.07 Å². The van der Waals surface area contributed by atoms with E-state index in [1.807, 2.05) is 7.05 Å². The monoisotopic (exact) mass is 245 g/mol. The van der Waals surface area contributed by atoms with E-state index in [4.69, 9.17) is 5.73 Å². The first-order valence-electron chi connectivity index (χ1n) is 5.35. The average molecular weight is 245 g/mol. The van der Waals surface area contributed by atoms with Gasteiger partial charge in [0.05, 0.1) is 0 Å². The van der Waals surface area contributed by atoms with Crippen LogP contribution in [0.15, 0.2) is 18.3 Å². The summed E-state index contributed by atoms with van der Waals surface area (Å²) in [5.41, 5.74) is 5.85. The zero-order valence-corrected chi connectivity index (χ0v) is 9.41. The Morgan fingerprint density at radius 2 is 2.06 bits per heavy atom. The molecule has 94 valence electrons. The third-order valence-corrected chi connectivity index (χ3v) is 3.05. The topological polar surface area (TPSA) is 42.1 Å². The van der Waals surface area contributed by atoms with Crippen molar-refractivity contribution in [2.75, 3.05) is 20.1 Å². The zero-order chi connectivity index (χ0) is 12.6. The molecule has 6 heteroatoms. The molecule has 17 heavy (non-hydrogen) atoms. The molecule has 0 radical (unpaired) electrons. The maximum absolute atomic E-state index is 12.3. The number of hydrogen-bond acceptors (Lipinski definition) is 3. The normalized spacial score (nSPS) is 26.4. The molecule has 0 aliphatic carbocycles. The van der Waals surface area contributed by atoms with Crippen molar-refractivity contribution < 1.29 is 13.2 Å². The minimum atomic E-state index is -4.38. The molecule has 1 aliphatic heterocycles. The van der Waals surface area contributed by atoms with E-state index in [0.29, 0.717) is 0 Å². The van der Waals surface area contributed by atoms with Crippen LogP contribution >= 0.6 is 0 Å². The van der Waals surface area contributed by atoms with Crippen LogP contribution in [0.25, 0.3) is 0 Å². The van der Waals surface area contributed by atoms with Gasteiger partial charge in [0.15, 0.2) is 0 Å². The predicted octanol–water partition coefficient (Wildman–Crippen LogP) is 1.46. The Balaban J connectivity index is 2.19. The van der Waals surface area contributed by atoms with Gasteiger partial charge in [0.25, 0.3) is 0 Å². The highest BCUT2D eigenvalue weighted by Crippen LogP contribution is 2.30. The summed E-state index contributed by atoms with van der Waals surface area (Å²) in [6.45, 7) is 1.51. The van der Waals surface area contributed by atoms with Gasteiger partial charge in [-0.25, -0.2) is 0 Å². The summed E-state index contributed by atoms with van der Waals surface area (Å²) in [5, 5.41) is 0. The van der Waals surface area contributed by atoms with Crippen LogP contribution in [-0.4, -0.2) is 36.1 Å². The van der Waals surface area contributed by atoms with Gasteiger partial charge in [0, 0.05) is 31.2 Å². The summed E-state index contributed by atoms with van der Waals surface area (Å²) in [4.78, 5) is 5.52. The first-order valence-corrected chi connectivity index (χ1v) is 5.35. The van der Waals surface area contributed by atoms with Crippen LogP contribution in [-0.2, 0) is 6.18 Å². The van der Waals surface area contributed by atoms with Crippen LogP contribution in [0.5, 0.6) is 0 Å². The number of halogens is 3. The van der Waals surface area contributed by atoms with E-state index in [9.17, 15) is 13.2 Å². The molecule has 0 aromatic carbocycles. The molecule has 0 amide bonds. The van der Waals surface area contributed by atoms with Gasteiger partial charge in [0.1, 0.15) is 5.69 Å². The van der Waals surface area contributed by atoms with Gasteiger partial charge in [-0.15, -0.1) is 0 Å². The van der Waals surface area contributed by atoms with E-state index < -0.39 is 11.9 Å². The fourth-order valence-corrected chi connectivity index (χ4v) is 2.18. The standard InChI is InChI=1S/C11H14F3N3/c1-17-5-8(9(15)6-17)7-2-3-10(16-4-7)11(12,13)14/h2-4,8-9H,5-6,15H2,1H3. The number of aromatic nitrogens is 1. The van der Waals surface area contributed by atoms with Gasteiger partial charge in [-0.2, -0.15) is 13.2 Å². The van der Waals surface area contributed by atoms with Crippen LogP contribution in [0, 0.1) is 0 Å². The molecule has 2 N–H and O–H groups in total. The van der Waals surface area contributed by atoms with Gasteiger partial charge >= 0.3 is 6.18 Å². The second kappa shape index (κ2) is 4.27. The molecule has 2 rings (SSSR count). The average Bonchev–Trinajstić information content (AvgIpc) is 2.57. The molecule has 0 spiro atoms. The van der Waals surface area contributed by atoms with E-state index in [1.165, 1.54) is 12.3 Å². The molecule has 1 aromatic heterocycles. The number of hydrogen-bond donors (Lipinski definition) is 1. The van der Waals surface area contributed by atoms with Crippen molar-refractivity contribution in [3.8, 4) is 0 Å². The third kappa shape index (κ3) is 2.58. The van der Waals surface area contributed by atoms with Crippen LogP contribution in [0.3, 0.4) is 0 Å². The number of alkyl halides is 3. The van der Waals surface area contributed by atoms with Crippen LogP contribution in [0.4, 0.5) is 13.2 Å². The van der Waals surface area contributed by atoms with Gasteiger partial charge < -0.3 is 10.6 Å². The van der Waals surface area contributed by atoms with Crippen molar-refractivity contribution in [3.63, 3.8) is 0 Å². The second-order valence-corrected chi connectivity index (χ2v) is 4.47. The maximum Gasteiger partial charge on any atom is 0.433 e. The molecular formula is C11H14F3N3. The minimum absolute atomic E-state index is 0.0430. The lowest BCUT2D eigenvalue weighted by Crippen LogP contribution is -2.28. The molecule has 2 atom stereocenters. The summed E-state index contributed by atoms with van der Waals surface area (Å²) >= 11 is 0. The Labute approximate surface area is 97.4 Å². The lowest BCUT2D eigenvalue weighted by Gasteiger charge is -2.15. The second-order valence-electron chi connectivity index (χ2n) is 4.47. The zero-order valence-electron chi connectivity index (χ0n) is 9.41. The Hall–Kier alpha value is -1.14. The molecule has 2 unspecified atom stereocenters. The van der Waals surface area contributed by atoms with Crippen LogP contribution in [0.2, 0.25) is 0 Å². The van der Waals surface area contributed by atoms with E-state index >= 15 is 0 Å². The Kier molecular flexibility index (Phi) is 3.09. The number of rotatable bonds is 1. The smallest absolute Gasteiger partial charge is 0.326 e. The van der Waals surface area contributed by atoms with Crippen molar-refractivity contribution >= 4 is 0 Å². The lowest BCUT2D eigenvalue weighted by molar-refractivity contribution is -0.141. The van der Waals surface area contributed by atoms with Gasteiger partial charge in [-0.05, 0) is 18.7 Å². The Morgan fingerprint density at radius 1 is 1.35 bits per heavy atom. The molecule has 0 saturated carbocycles. The lowest BCUT2D eigenvalue weighted by atomic mass is 9.96. The summed E-state index contributed by atoms with van der Waals surface area (Å²) in [6, 6.07) is 2.44. The SMILES string of the molecule is CN1CC(N)C(c2ccc(C(F)(F)F)nc2)C1. The number of nitrogens with zero attached hydrogens (tertiary/aromatic N) is 2. The molecule has 3 nitrogen and oxygen atoms in total. The van der Waals surface area contributed by atoms with Gasteiger partial charge in [-0.3, -0.25) is 4.98 Å². The number of nitrogens with two attached hydrogens (primary N) is 1. The molecule has 0 bridgehead atoms. The highest BCUT2D eigenvalue weighted by Gasteiger charge is 2.33. The Bertz CT molecular complexity index is 388. The van der Waals surface area contributed by atoms with E-state index in [2.05, 4.69) is 9.88 Å². The van der Waals surface area contributed by atoms with Crippen molar-refractivity contribution in [1.82, 2.24) is 9.88 Å². The highest BCUT2D eigenvalue weighted by molar-refractivity contribution is 5.23. The highest BCUT2D eigenvalue weighted by atomic mass is 19.4. The van der Waals surface area contributed by atoms with Crippen LogP contribution in [0.1, 0.15) is 17.2 Å². The quantitative estimate of drug-likeness (QED) is 0.814.